The Labute approximate surface area is 151 Å². The molecule has 2 unspecified atom stereocenters. The average molecular weight is 351 g/mol. The van der Waals surface area contributed by atoms with E-state index in [1.54, 1.807) is 11.3 Å². The van der Waals surface area contributed by atoms with E-state index in [-0.39, 0.29) is 12.0 Å². The maximum absolute atomic E-state index is 11.5. The molecule has 128 valence electrons. The molecule has 2 aromatic carbocycles. The maximum Gasteiger partial charge on any atom is 0.307 e. The monoisotopic (exact) mass is 351 g/mol. The summed E-state index contributed by atoms with van der Waals surface area (Å²) in [6.07, 6.45) is 1.71. The number of hydrogen-bond donors (Lipinski definition) is 1. The van der Waals surface area contributed by atoms with Crippen LogP contribution in [0, 0.1) is 5.92 Å². The van der Waals surface area contributed by atoms with E-state index in [1.807, 2.05) is 0 Å². The fraction of sp³-hybridized carbons (Fsp3) is 0.286. The summed E-state index contributed by atoms with van der Waals surface area (Å²) in [5.74, 6) is -0.946. The number of piperidine rings is 1. The van der Waals surface area contributed by atoms with Crippen LogP contribution in [0.3, 0.4) is 0 Å². The predicted molar refractivity (Wildman–Crippen MR) is 102 cm³/mol. The second-order valence-electron chi connectivity index (χ2n) is 6.66. The standard InChI is InChI=1S/C21H21NO2S/c23-21(24)16-8-4-12-22(14-16)20(19-11-5-13-25-19)18-10-3-7-15-6-1-2-9-17(15)18/h1-3,5-7,9-11,13,16,20H,4,8,12,14H2,(H,23,24). The molecule has 1 aliphatic heterocycles. The number of carbonyl (C=O) groups is 1. The van der Waals surface area contributed by atoms with Crippen LogP contribution in [-0.4, -0.2) is 29.1 Å². The van der Waals surface area contributed by atoms with Gasteiger partial charge in [0, 0.05) is 11.4 Å². The SMILES string of the molecule is O=C(O)C1CCCN(C(c2cccs2)c2cccc3ccccc23)C1. The van der Waals surface area contributed by atoms with E-state index in [1.165, 1.54) is 21.2 Å². The quantitative estimate of drug-likeness (QED) is 0.735. The molecule has 0 bridgehead atoms. The molecule has 1 aromatic heterocycles. The van der Waals surface area contributed by atoms with Gasteiger partial charge >= 0.3 is 5.97 Å². The third-order valence-electron chi connectivity index (χ3n) is 5.10. The zero-order chi connectivity index (χ0) is 17.2. The van der Waals surface area contributed by atoms with E-state index in [9.17, 15) is 9.90 Å². The van der Waals surface area contributed by atoms with Crippen molar-refractivity contribution < 1.29 is 9.90 Å². The van der Waals surface area contributed by atoms with Crippen LogP contribution in [0.1, 0.15) is 29.3 Å². The number of thiophene rings is 1. The van der Waals surface area contributed by atoms with Gasteiger partial charge in [-0.1, -0.05) is 48.5 Å². The summed E-state index contributed by atoms with van der Waals surface area (Å²) in [6.45, 7) is 1.55. The molecule has 1 fully saturated rings. The number of likely N-dealkylation sites (tertiary alicyclic amines) is 1. The van der Waals surface area contributed by atoms with Crippen molar-refractivity contribution in [3.8, 4) is 0 Å². The van der Waals surface area contributed by atoms with Crippen LogP contribution in [0.2, 0.25) is 0 Å². The van der Waals surface area contributed by atoms with Gasteiger partial charge in [-0.15, -0.1) is 11.3 Å². The zero-order valence-corrected chi connectivity index (χ0v) is 14.8. The summed E-state index contributed by atoms with van der Waals surface area (Å²) in [7, 11) is 0. The molecule has 3 aromatic rings. The van der Waals surface area contributed by atoms with Gasteiger partial charge in [0.2, 0.25) is 0 Å². The zero-order valence-electron chi connectivity index (χ0n) is 14.0. The molecule has 1 saturated heterocycles. The molecule has 0 amide bonds. The Morgan fingerprint density at radius 2 is 1.96 bits per heavy atom. The Kier molecular flexibility index (Phi) is 4.55. The molecule has 0 aliphatic carbocycles. The fourth-order valence-electron chi connectivity index (χ4n) is 3.91. The molecule has 2 heterocycles. The van der Waals surface area contributed by atoms with Gasteiger partial charge in [0.1, 0.15) is 0 Å². The van der Waals surface area contributed by atoms with E-state index in [0.717, 1.165) is 19.4 Å². The molecule has 1 N–H and O–H groups in total. The lowest BCUT2D eigenvalue weighted by atomic mass is 9.92. The minimum absolute atomic E-state index is 0.119. The molecule has 2 atom stereocenters. The predicted octanol–water partition coefficient (Wildman–Crippen LogP) is 4.79. The van der Waals surface area contributed by atoms with Gasteiger partial charge in [0.05, 0.1) is 12.0 Å². The topological polar surface area (TPSA) is 40.5 Å². The van der Waals surface area contributed by atoms with E-state index < -0.39 is 5.97 Å². The summed E-state index contributed by atoms with van der Waals surface area (Å²) in [4.78, 5) is 15.2. The lowest BCUT2D eigenvalue weighted by Gasteiger charge is -2.37. The summed E-state index contributed by atoms with van der Waals surface area (Å²) in [5, 5.41) is 14.1. The first-order valence-electron chi connectivity index (χ1n) is 8.72. The molecule has 1 aliphatic rings. The Morgan fingerprint density at radius 3 is 2.76 bits per heavy atom. The van der Waals surface area contributed by atoms with Crippen LogP contribution in [-0.2, 0) is 4.79 Å². The average Bonchev–Trinajstić information content (AvgIpc) is 3.17. The van der Waals surface area contributed by atoms with E-state index in [2.05, 4.69) is 64.9 Å². The highest BCUT2D eigenvalue weighted by atomic mass is 32.1. The number of nitrogens with zero attached hydrogens (tertiary/aromatic N) is 1. The number of rotatable bonds is 4. The van der Waals surface area contributed by atoms with Crippen LogP contribution in [0.5, 0.6) is 0 Å². The molecule has 4 rings (SSSR count). The number of benzene rings is 2. The van der Waals surface area contributed by atoms with Gasteiger partial charge in [-0.25, -0.2) is 0 Å². The van der Waals surface area contributed by atoms with Gasteiger partial charge in [-0.2, -0.15) is 0 Å². The third kappa shape index (κ3) is 3.20. The highest BCUT2D eigenvalue weighted by Crippen LogP contribution is 2.38. The minimum Gasteiger partial charge on any atom is -0.481 e. The van der Waals surface area contributed by atoms with Crippen molar-refractivity contribution in [2.24, 2.45) is 5.92 Å². The Bertz CT molecular complexity index is 869. The minimum atomic E-state index is -0.674. The van der Waals surface area contributed by atoms with E-state index >= 15 is 0 Å². The molecular weight excluding hydrogens is 330 g/mol. The number of aliphatic carboxylic acids is 1. The van der Waals surface area contributed by atoms with Crippen molar-refractivity contribution in [2.45, 2.75) is 18.9 Å². The van der Waals surface area contributed by atoms with Crippen LogP contribution in [0.15, 0.2) is 60.0 Å². The van der Waals surface area contributed by atoms with Crippen molar-refractivity contribution in [1.82, 2.24) is 4.90 Å². The number of fused-ring (bicyclic) bond motifs is 1. The number of carboxylic acid groups (broad SMARTS) is 1. The molecule has 0 saturated carbocycles. The van der Waals surface area contributed by atoms with Crippen LogP contribution >= 0.6 is 11.3 Å². The molecule has 25 heavy (non-hydrogen) atoms. The Morgan fingerprint density at radius 1 is 1.12 bits per heavy atom. The largest absolute Gasteiger partial charge is 0.481 e. The highest BCUT2D eigenvalue weighted by molar-refractivity contribution is 7.10. The normalized spacial score (nSPS) is 19.8. The van der Waals surface area contributed by atoms with Crippen molar-refractivity contribution in [1.29, 1.82) is 0 Å². The Balaban J connectivity index is 1.80. The van der Waals surface area contributed by atoms with Crippen molar-refractivity contribution in [2.75, 3.05) is 13.1 Å². The first-order valence-corrected chi connectivity index (χ1v) is 9.60. The van der Waals surface area contributed by atoms with Gasteiger partial charge in [0.15, 0.2) is 0 Å². The second-order valence-corrected chi connectivity index (χ2v) is 7.64. The molecule has 0 radical (unpaired) electrons. The van der Waals surface area contributed by atoms with Gasteiger partial charge in [-0.05, 0) is 47.2 Å². The lowest BCUT2D eigenvalue weighted by molar-refractivity contribution is -0.143. The van der Waals surface area contributed by atoms with Crippen molar-refractivity contribution >= 4 is 28.1 Å². The second kappa shape index (κ2) is 6.98. The summed E-state index contributed by atoms with van der Waals surface area (Å²) >= 11 is 1.75. The first kappa shape index (κ1) is 16.3. The fourth-order valence-corrected chi connectivity index (χ4v) is 4.78. The molecule has 3 nitrogen and oxygen atoms in total. The van der Waals surface area contributed by atoms with Crippen molar-refractivity contribution in [3.63, 3.8) is 0 Å². The number of carboxylic acids is 1. The van der Waals surface area contributed by atoms with Crippen molar-refractivity contribution in [3.05, 3.63) is 70.4 Å². The number of hydrogen-bond acceptors (Lipinski definition) is 3. The van der Waals surface area contributed by atoms with Crippen LogP contribution in [0.25, 0.3) is 10.8 Å². The maximum atomic E-state index is 11.5. The smallest absolute Gasteiger partial charge is 0.307 e. The third-order valence-corrected chi connectivity index (χ3v) is 6.02. The Hall–Kier alpha value is -2.17. The lowest BCUT2D eigenvalue weighted by Crippen LogP contribution is -2.41. The van der Waals surface area contributed by atoms with E-state index in [4.69, 9.17) is 0 Å². The van der Waals surface area contributed by atoms with Gasteiger partial charge in [0.25, 0.3) is 0 Å². The van der Waals surface area contributed by atoms with Gasteiger partial charge < -0.3 is 5.11 Å². The molecule has 4 heteroatoms. The molecule has 0 spiro atoms. The molecular formula is C21H21NO2S. The first-order chi connectivity index (χ1) is 12.2. The van der Waals surface area contributed by atoms with Crippen LogP contribution < -0.4 is 0 Å². The summed E-state index contributed by atoms with van der Waals surface area (Å²) < 4.78 is 0. The van der Waals surface area contributed by atoms with Gasteiger partial charge in [-0.3, -0.25) is 9.69 Å². The highest BCUT2D eigenvalue weighted by Gasteiger charge is 2.32. The van der Waals surface area contributed by atoms with E-state index in [0.29, 0.717) is 6.54 Å². The summed E-state index contributed by atoms with van der Waals surface area (Å²) in [6, 6.07) is 19.3. The summed E-state index contributed by atoms with van der Waals surface area (Å²) in [5.41, 5.74) is 1.27. The van der Waals surface area contributed by atoms with Crippen LogP contribution in [0.4, 0.5) is 0 Å².